The minimum Gasteiger partial charge on any atom is -0.462 e. The van der Waals surface area contributed by atoms with Gasteiger partial charge in [-0.15, -0.1) is 0 Å². The molecular formula is C32H48FN3O2. The number of carbonyl (C=O) groups excluding carboxylic acids is 1. The number of halogens is 1. The second-order valence-corrected chi connectivity index (χ2v) is 10.8. The van der Waals surface area contributed by atoms with Crippen molar-refractivity contribution in [2.24, 2.45) is 23.2 Å². The highest BCUT2D eigenvalue weighted by Crippen LogP contribution is 2.52. The molecule has 0 radical (unpaired) electrons. The first kappa shape index (κ1) is 31.6. The summed E-state index contributed by atoms with van der Waals surface area (Å²) in [4.78, 5) is 18.3. The third kappa shape index (κ3) is 8.47. The molecule has 2 aromatic rings. The minimum absolute atomic E-state index is 0.0359. The van der Waals surface area contributed by atoms with Crippen molar-refractivity contribution in [3.63, 3.8) is 0 Å². The highest BCUT2D eigenvalue weighted by molar-refractivity contribution is 5.79. The largest absolute Gasteiger partial charge is 0.462 e. The van der Waals surface area contributed by atoms with Gasteiger partial charge in [-0.05, 0) is 75.4 Å². The zero-order valence-electron chi connectivity index (χ0n) is 24.5. The Morgan fingerprint density at radius 2 is 1.79 bits per heavy atom. The fraction of sp³-hybridized carbons (Fsp3) is 0.562. The van der Waals surface area contributed by atoms with Crippen molar-refractivity contribution in [3.8, 4) is 11.1 Å². The maximum atomic E-state index is 13.0. The number of piperazine rings is 1. The van der Waals surface area contributed by atoms with Crippen molar-refractivity contribution >= 4 is 12.0 Å². The maximum Gasteiger partial charge on any atom is 0.312 e. The Kier molecular flexibility index (Phi) is 12.6. The molecule has 1 aliphatic carbocycles. The average molecular weight is 526 g/mol. The molecule has 3 heterocycles. The summed E-state index contributed by atoms with van der Waals surface area (Å²) in [6, 6.07) is 10.2. The van der Waals surface area contributed by atoms with Gasteiger partial charge < -0.3 is 15.0 Å². The number of esters is 1. The molecule has 2 saturated heterocycles. The van der Waals surface area contributed by atoms with Crippen LogP contribution in [0.15, 0.2) is 49.2 Å². The van der Waals surface area contributed by atoms with E-state index >= 15 is 0 Å². The lowest BCUT2D eigenvalue weighted by molar-refractivity contribution is -0.149. The molecule has 0 spiro atoms. The maximum absolute atomic E-state index is 13.0. The number of nitrogens with one attached hydrogen (secondary N) is 1. The number of aromatic nitrogens is 1. The van der Waals surface area contributed by atoms with Crippen molar-refractivity contribution in [2.75, 3.05) is 33.2 Å². The van der Waals surface area contributed by atoms with E-state index in [4.69, 9.17) is 4.74 Å². The molecular weight excluding hydrogens is 477 g/mol. The van der Waals surface area contributed by atoms with E-state index in [1.165, 1.54) is 25.2 Å². The van der Waals surface area contributed by atoms with Gasteiger partial charge in [0.15, 0.2) is 0 Å². The number of fused-ring (bicyclic) bond motifs is 1. The van der Waals surface area contributed by atoms with Crippen LogP contribution in [0.4, 0.5) is 4.39 Å². The fourth-order valence-electron chi connectivity index (χ4n) is 5.39. The minimum atomic E-state index is -0.236. The van der Waals surface area contributed by atoms with E-state index in [2.05, 4.69) is 49.6 Å². The molecule has 1 aromatic heterocycles. The second-order valence-electron chi connectivity index (χ2n) is 10.8. The number of nitrogens with zero attached hydrogens (tertiary/aromatic N) is 2. The van der Waals surface area contributed by atoms with Crippen LogP contribution in [0.25, 0.3) is 17.2 Å². The summed E-state index contributed by atoms with van der Waals surface area (Å²) in [5, 5.41) is 3.27. The van der Waals surface area contributed by atoms with Crippen molar-refractivity contribution < 1.29 is 13.9 Å². The molecule has 0 bridgehead atoms. The third-order valence-corrected chi connectivity index (χ3v) is 7.98. The molecule has 210 valence electrons. The van der Waals surface area contributed by atoms with Crippen LogP contribution in [0.3, 0.4) is 0 Å². The highest BCUT2D eigenvalue weighted by Gasteiger charge is 2.55. The first-order chi connectivity index (χ1) is 18.1. The number of cyclic esters (lactones) is 1. The van der Waals surface area contributed by atoms with Crippen molar-refractivity contribution in [1.29, 1.82) is 0 Å². The number of likely N-dealkylation sites (N-methyl/N-ethyl adjacent to an activating group) is 1. The Morgan fingerprint density at radius 3 is 2.32 bits per heavy atom. The Labute approximate surface area is 229 Å². The molecule has 6 heteroatoms. The van der Waals surface area contributed by atoms with Crippen molar-refractivity contribution in [2.45, 2.75) is 60.5 Å². The number of carbonyl (C=O) groups is 1. The average Bonchev–Trinajstić information content (AvgIpc) is 3.14. The lowest BCUT2D eigenvalue weighted by atomic mass is 9.61. The van der Waals surface area contributed by atoms with Gasteiger partial charge in [0.1, 0.15) is 11.9 Å². The summed E-state index contributed by atoms with van der Waals surface area (Å²) in [5.74, 6) is 1.62. The standard InChI is InChI=1S/C13H10FN.C12H20O2.C5H12N2.C2H6/c1-2-13-7-6-11(9-15-13)10-4-3-5-12(14)8-10;1-7-5-10-9(3)14-11(13)12(10,4)6-8(7)2;1-7-4-2-6-3-5-7;1-2/h2-9H,1H2;7-10H,5-6H2,1-4H3;6H,2-5H2,1H3;1-2H3. The summed E-state index contributed by atoms with van der Waals surface area (Å²) in [6.45, 7) is 21.0. The summed E-state index contributed by atoms with van der Waals surface area (Å²) in [7, 11) is 2.15. The number of benzene rings is 1. The van der Waals surface area contributed by atoms with Gasteiger partial charge in [-0.2, -0.15) is 0 Å². The molecule has 5 rings (SSSR count). The normalized spacial score (nSPS) is 28.2. The Hall–Kier alpha value is -2.57. The van der Waals surface area contributed by atoms with Gasteiger partial charge in [-0.25, -0.2) is 4.39 Å². The van der Waals surface area contributed by atoms with Gasteiger partial charge in [0.25, 0.3) is 0 Å². The van der Waals surface area contributed by atoms with E-state index in [1.807, 2.05) is 39.0 Å². The van der Waals surface area contributed by atoms with Crippen LogP contribution in [-0.2, 0) is 9.53 Å². The Balaban J connectivity index is 0.000000205. The van der Waals surface area contributed by atoms with Gasteiger partial charge in [0.2, 0.25) is 0 Å². The predicted octanol–water partition coefficient (Wildman–Crippen LogP) is 6.70. The SMILES string of the molecule is C=Cc1ccc(-c2cccc(F)c2)cn1.CC.CC1CC2C(C)OC(=O)C2(C)CC1C.CN1CCNCC1. The van der Waals surface area contributed by atoms with Crippen LogP contribution in [0, 0.1) is 29.0 Å². The zero-order valence-corrected chi connectivity index (χ0v) is 24.5. The van der Waals surface area contributed by atoms with E-state index < -0.39 is 0 Å². The van der Waals surface area contributed by atoms with Gasteiger partial charge in [0.05, 0.1) is 11.1 Å². The lowest BCUT2D eigenvalue weighted by Crippen LogP contribution is -2.40. The third-order valence-electron chi connectivity index (χ3n) is 7.98. The second kappa shape index (κ2) is 15.1. The molecule has 0 amide bonds. The quantitative estimate of drug-likeness (QED) is 0.442. The topological polar surface area (TPSA) is 54.5 Å². The van der Waals surface area contributed by atoms with E-state index in [9.17, 15) is 9.18 Å². The van der Waals surface area contributed by atoms with Crippen LogP contribution < -0.4 is 5.32 Å². The summed E-state index contributed by atoms with van der Waals surface area (Å²) < 4.78 is 18.3. The molecule has 5 atom stereocenters. The lowest BCUT2D eigenvalue weighted by Gasteiger charge is -2.40. The highest BCUT2D eigenvalue weighted by atomic mass is 19.1. The van der Waals surface area contributed by atoms with Gasteiger partial charge in [0, 0.05) is 43.9 Å². The summed E-state index contributed by atoms with van der Waals surface area (Å²) >= 11 is 0. The van der Waals surface area contributed by atoms with Crippen molar-refractivity contribution in [1.82, 2.24) is 15.2 Å². The first-order valence-corrected chi connectivity index (χ1v) is 14.1. The van der Waals surface area contributed by atoms with Crippen molar-refractivity contribution in [3.05, 3.63) is 60.7 Å². The van der Waals surface area contributed by atoms with Gasteiger partial charge in [-0.3, -0.25) is 9.78 Å². The fourth-order valence-corrected chi connectivity index (χ4v) is 5.39. The van der Waals surface area contributed by atoms with Crippen LogP contribution in [0.5, 0.6) is 0 Å². The monoisotopic (exact) mass is 525 g/mol. The van der Waals surface area contributed by atoms with E-state index in [0.717, 1.165) is 48.7 Å². The van der Waals surface area contributed by atoms with Crippen LogP contribution in [0.2, 0.25) is 0 Å². The Morgan fingerprint density at radius 1 is 1.11 bits per heavy atom. The zero-order chi connectivity index (χ0) is 28.3. The molecule has 3 fully saturated rings. The van der Waals surface area contributed by atoms with E-state index in [-0.39, 0.29) is 23.3 Å². The first-order valence-electron chi connectivity index (χ1n) is 14.1. The molecule has 1 N–H and O–H groups in total. The van der Waals surface area contributed by atoms with Gasteiger partial charge in [-0.1, -0.05) is 52.5 Å². The number of rotatable bonds is 2. The Bertz CT molecular complexity index is 1010. The number of hydrogen-bond acceptors (Lipinski definition) is 5. The molecule has 5 unspecified atom stereocenters. The van der Waals surface area contributed by atoms with Gasteiger partial charge >= 0.3 is 5.97 Å². The number of ether oxygens (including phenoxy) is 1. The molecule has 38 heavy (non-hydrogen) atoms. The summed E-state index contributed by atoms with van der Waals surface area (Å²) in [5.41, 5.74) is 2.36. The molecule has 2 aliphatic heterocycles. The van der Waals surface area contributed by atoms with Crippen LogP contribution >= 0.6 is 0 Å². The predicted molar refractivity (Wildman–Crippen MR) is 156 cm³/mol. The molecule has 3 aliphatic rings. The smallest absolute Gasteiger partial charge is 0.312 e. The van der Waals surface area contributed by atoms with Crippen LogP contribution in [0.1, 0.15) is 60.1 Å². The number of hydrogen-bond donors (Lipinski definition) is 1. The van der Waals surface area contributed by atoms with Crippen LogP contribution in [-0.4, -0.2) is 55.2 Å². The molecule has 5 nitrogen and oxygen atoms in total. The molecule has 1 saturated carbocycles. The molecule has 1 aromatic carbocycles. The summed E-state index contributed by atoms with van der Waals surface area (Å²) in [6.07, 6.45) is 5.66. The van der Waals surface area contributed by atoms with E-state index in [0.29, 0.717) is 11.8 Å². The number of pyridine rings is 1. The van der Waals surface area contributed by atoms with E-state index in [1.54, 1.807) is 18.3 Å².